The fourth-order valence-electron chi connectivity index (χ4n) is 6.56. The highest BCUT2D eigenvalue weighted by Gasteiger charge is 2.42. The Morgan fingerprint density at radius 3 is 2.40 bits per heavy atom. The second kappa shape index (κ2) is 6.01. The summed E-state index contributed by atoms with van der Waals surface area (Å²) in [4.78, 5) is 0. The molecule has 4 saturated carbocycles. The molecule has 4 aliphatic carbocycles. The van der Waals surface area contributed by atoms with Crippen LogP contribution in [0.15, 0.2) is 0 Å². The highest BCUT2D eigenvalue weighted by Crippen LogP contribution is 2.53. The first-order valence-corrected chi connectivity index (χ1v) is 9.76. The van der Waals surface area contributed by atoms with E-state index in [4.69, 9.17) is 0 Å². The van der Waals surface area contributed by atoms with Crippen molar-refractivity contribution in [2.45, 2.75) is 89.9 Å². The molecule has 0 aromatic heterocycles. The molecule has 0 N–H and O–H groups in total. The Labute approximate surface area is 126 Å². The van der Waals surface area contributed by atoms with Gasteiger partial charge in [0.25, 0.3) is 0 Å². The van der Waals surface area contributed by atoms with E-state index in [1.54, 1.807) is 64.2 Å². The molecule has 0 aromatic carbocycles. The maximum Gasteiger partial charge on any atom is -0.0207 e. The van der Waals surface area contributed by atoms with E-state index in [-0.39, 0.29) is 0 Å². The average molecular weight is 273 g/mol. The van der Waals surface area contributed by atoms with Crippen molar-refractivity contribution >= 4 is 0 Å². The SMILES string of the molecule is C1C[C]2CCC(C1)CCC2C1CCCC2CCCCC21. The van der Waals surface area contributed by atoms with Crippen molar-refractivity contribution < 1.29 is 0 Å². The molecule has 0 saturated heterocycles. The third kappa shape index (κ3) is 2.57. The van der Waals surface area contributed by atoms with E-state index in [0.717, 1.165) is 29.6 Å². The topological polar surface area (TPSA) is 0 Å². The van der Waals surface area contributed by atoms with Crippen LogP contribution in [0, 0.1) is 35.5 Å². The molecule has 4 fully saturated rings. The van der Waals surface area contributed by atoms with Crippen LogP contribution in [0.4, 0.5) is 0 Å². The van der Waals surface area contributed by atoms with Gasteiger partial charge in [-0.1, -0.05) is 51.4 Å². The van der Waals surface area contributed by atoms with Crippen molar-refractivity contribution in [3.63, 3.8) is 0 Å². The van der Waals surface area contributed by atoms with E-state index in [9.17, 15) is 0 Å². The van der Waals surface area contributed by atoms with E-state index in [2.05, 4.69) is 0 Å². The van der Waals surface area contributed by atoms with Crippen LogP contribution in [0.5, 0.6) is 0 Å². The second-order valence-corrected chi connectivity index (χ2v) is 8.44. The van der Waals surface area contributed by atoms with Gasteiger partial charge in [0.2, 0.25) is 0 Å². The monoisotopic (exact) mass is 273 g/mol. The molecule has 0 nitrogen and oxygen atoms in total. The molecular formula is C20H33. The molecule has 0 heterocycles. The van der Waals surface area contributed by atoms with Crippen molar-refractivity contribution in [2.24, 2.45) is 29.6 Å². The van der Waals surface area contributed by atoms with Gasteiger partial charge in [-0.05, 0) is 74.0 Å². The Morgan fingerprint density at radius 2 is 1.40 bits per heavy atom. The lowest BCUT2D eigenvalue weighted by molar-refractivity contribution is 0.0613. The molecule has 0 aliphatic heterocycles. The zero-order chi connectivity index (χ0) is 13.4. The van der Waals surface area contributed by atoms with Crippen molar-refractivity contribution in [1.82, 2.24) is 0 Å². The molecule has 4 rings (SSSR count). The molecule has 5 atom stereocenters. The van der Waals surface area contributed by atoms with Gasteiger partial charge in [-0.2, -0.15) is 0 Å². The Hall–Kier alpha value is 0. The minimum absolute atomic E-state index is 1.06. The summed E-state index contributed by atoms with van der Waals surface area (Å²) >= 11 is 0. The molecule has 5 unspecified atom stereocenters. The highest BCUT2D eigenvalue weighted by atomic mass is 14.5. The van der Waals surface area contributed by atoms with Crippen molar-refractivity contribution in [1.29, 1.82) is 0 Å². The fourth-order valence-corrected chi connectivity index (χ4v) is 6.56. The van der Waals surface area contributed by atoms with E-state index in [1.807, 2.05) is 5.92 Å². The molecule has 0 amide bonds. The van der Waals surface area contributed by atoms with Crippen LogP contribution in [0.3, 0.4) is 0 Å². The quantitative estimate of drug-likeness (QED) is 0.537. The molecule has 0 aromatic rings. The zero-order valence-electron chi connectivity index (χ0n) is 13.3. The van der Waals surface area contributed by atoms with Crippen LogP contribution < -0.4 is 0 Å². The summed E-state index contributed by atoms with van der Waals surface area (Å²) in [6, 6.07) is 0. The summed E-state index contributed by atoms with van der Waals surface area (Å²) in [5.41, 5.74) is 0. The summed E-state index contributed by atoms with van der Waals surface area (Å²) in [6.45, 7) is 0. The maximum absolute atomic E-state index is 2.04. The van der Waals surface area contributed by atoms with Crippen LogP contribution in [-0.2, 0) is 0 Å². The molecule has 113 valence electrons. The first-order valence-electron chi connectivity index (χ1n) is 9.76. The van der Waals surface area contributed by atoms with E-state index < -0.39 is 0 Å². The van der Waals surface area contributed by atoms with Gasteiger partial charge in [0.1, 0.15) is 0 Å². The number of hydrogen-bond acceptors (Lipinski definition) is 0. The Morgan fingerprint density at radius 1 is 0.550 bits per heavy atom. The van der Waals surface area contributed by atoms with E-state index >= 15 is 0 Å². The summed E-state index contributed by atoms with van der Waals surface area (Å²) in [5.74, 6) is 7.58. The minimum atomic E-state index is 1.06. The Kier molecular flexibility index (Phi) is 4.10. The normalized spacial score (nSPS) is 46.5. The summed E-state index contributed by atoms with van der Waals surface area (Å²) < 4.78 is 0. The largest absolute Gasteiger partial charge is 0.0530 e. The van der Waals surface area contributed by atoms with Crippen LogP contribution in [-0.4, -0.2) is 0 Å². The van der Waals surface area contributed by atoms with Crippen LogP contribution in [0.25, 0.3) is 0 Å². The molecule has 20 heavy (non-hydrogen) atoms. The number of fused-ring (bicyclic) bond motifs is 4. The number of rotatable bonds is 1. The smallest absolute Gasteiger partial charge is 0.0207 e. The zero-order valence-corrected chi connectivity index (χ0v) is 13.3. The van der Waals surface area contributed by atoms with E-state index in [1.165, 1.54) is 25.7 Å². The third-order valence-electron chi connectivity index (χ3n) is 7.54. The van der Waals surface area contributed by atoms with Gasteiger partial charge in [-0.3, -0.25) is 0 Å². The van der Waals surface area contributed by atoms with Gasteiger partial charge in [0.05, 0.1) is 0 Å². The predicted molar refractivity (Wildman–Crippen MR) is 85.3 cm³/mol. The van der Waals surface area contributed by atoms with Crippen LogP contribution >= 0.6 is 0 Å². The highest BCUT2D eigenvalue weighted by molar-refractivity contribution is 5.05. The van der Waals surface area contributed by atoms with Crippen LogP contribution in [0.2, 0.25) is 0 Å². The average Bonchev–Trinajstić information content (AvgIpc) is 2.82. The standard InChI is InChI=1S/C20H33/c1-2-9-18-16(6-1)8-4-10-20(18)19-14-12-15-5-3-7-17(19)13-11-15/h15-16,18-20H,1-14H2. The molecule has 1 radical (unpaired) electrons. The van der Waals surface area contributed by atoms with Gasteiger partial charge in [0.15, 0.2) is 0 Å². The molecule has 0 heteroatoms. The second-order valence-electron chi connectivity index (χ2n) is 8.44. The van der Waals surface area contributed by atoms with Gasteiger partial charge in [-0.15, -0.1) is 0 Å². The van der Waals surface area contributed by atoms with Gasteiger partial charge < -0.3 is 0 Å². The lowest BCUT2D eigenvalue weighted by atomic mass is 9.59. The summed E-state index contributed by atoms with van der Waals surface area (Å²) in [7, 11) is 0. The Balaban J connectivity index is 1.52. The third-order valence-corrected chi connectivity index (χ3v) is 7.54. The molecule has 4 aliphatic rings. The maximum atomic E-state index is 2.04. The number of hydrogen-bond donors (Lipinski definition) is 0. The van der Waals surface area contributed by atoms with Crippen molar-refractivity contribution in [2.75, 3.05) is 0 Å². The fraction of sp³-hybridized carbons (Fsp3) is 0.950. The molecule has 2 bridgehead atoms. The van der Waals surface area contributed by atoms with Gasteiger partial charge in [-0.25, -0.2) is 0 Å². The van der Waals surface area contributed by atoms with E-state index in [0.29, 0.717) is 0 Å². The van der Waals surface area contributed by atoms with Gasteiger partial charge in [0, 0.05) is 0 Å². The van der Waals surface area contributed by atoms with Crippen LogP contribution in [0.1, 0.15) is 89.9 Å². The van der Waals surface area contributed by atoms with Crippen molar-refractivity contribution in [3.05, 3.63) is 5.92 Å². The Bertz CT molecular complexity index is 318. The lowest BCUT2D eigenvalue weighted by Gasteiger charge is -2.46. The predicted octanol–water partition coefficient (Wildman–Crippen LogP) is 6.16. The summed E-state index contributed by atoms with van der Waals surface area (Å²) in [5, 5.41) is 0. The lowest BCUT2D eigenvalue weighted by Crippen LogP contribution is -2.37. The summed E-state index contributed by atoms with van der Waals surface area (Å²) in [6.07, 6.45) is 21.8. The van der Waals surface area contributed by atoms with Crippen molar-refractivity contribution in [3.8, 4) is 0 Å². The first kappa shape index (κ1) is 13.6. The first-order chi connectivity index (χ1) is 9.92. The molecule has 0 spiro atoms. The molecular weight excluding hydrogens is 240 g/mol. The minimum Gasteiger partial charge on any atom is -0.0530 e. The van der Waals surface area contributed by atoms with Gasteiger partial charge >= 0.3 is 0 Å².